The fraction of sp³-hybridized carbons (Fsp3) is 0.125. The standard InChI is InChI=1S/C16H10ClF3N2O3S/c1-25-15(26)22(14(24)9-5-3-2-4-6-9)12-10(8-23)7-11(16(18,19)20)21-13(12)17/h2-8H,1H3. The topological polar surface area (TPSA) is 59.5 Å². The molecule has 0 bridgehead atoms. The molecule has 10 heteroatoms. The zero-order valence-electron chi connectivity index (χ0n) is 13.1. The van der Waals surface area contributed by atoms with Crippen LogP contribution in [0.3, 0.4) is 0 Å². The molecule has 0 atom stereocenters. The van der Waals surface area contributed by atoms with E-state index in [1.165, 1.54) is 19.2 Å². The average molecular weight is 403 g/mol. The fourth-order valence-corrected chi connectivity index (χ4v) is 2.52. The summed E-state index contributed by atoms with van der Waals surface area (Å²) in [5, 5.41) is -1.13. The Hall–Kier alpha value is -2.52. The summed E-state index contributed by atoms with van der Waals surface area (Å²) in [6.07, 6.45) is -4.70. The number of thiocarbonyl (C=S) groups is 1. The third kappa shape index (κ3) is 4.00. The SMILES string of the molecule is COC(=S)N(C(=O)c1ccccc1)c1c(C=O)cc(C(F)(F)F)nc1Cl. The molecule has 1 aromatic heterocycles. The molecule has 0 aliphatic heterocycles. The van der Waals surface area contributed by atoms with E-state index in [-0.39, 0.29) is 11.8 Å². The van der Waals surface area contributed by atoms with E-state index in [1.807, 2.05) is 0 Å². The van der Waals surface area contributed by atoms with Crippen LogP contribution in [0.15, 0.2) is 36.4 Å². The first-order valence-electron chi connectivity index (χ1n) is 6.91. The zero-order valence-corrected chi connectivity index (χ0v) is 14.7. The molecule has 1 heterocycles. The first-order valence-corrected chi connectivity index (χ1v) is 7.69. The predicted molar refractivity (Wildman–Crippen MR) is 92.5 cm³/mol. The minimum Gasteiger partial charge on any atom is -0.474 e. The highest BCUT2D eigenvalue weighted by molar-refractivity contribution is 7.80. The molecule has 0 saturated heterocycles. The molecule has 26 heavy (non-hydrogen) atoms. The fourth-order valence-electron chi connectivity index (χ4n) is 2.06. The molecule has 2 rings (SSSR count). The van der Waals surface area contributed by atoms with Crippen LogP contribution in [0.4, 0.5) is 18.9 Å². The number of hydrogen-bond donors (Lipinski definition) is 0. The maximum atomic E-state index is 12.9. The number of alkyl halides is 3. The van der Waals surface area contributed by atoms with Gasteiger partial charge in [0, 0.05) is 11.1 Å². The molecule has 0 unspecified atom stereocenters. The molecule has 5 nitrogen and oxygen atoms in total. The second kappa shape index (κ2) is 7.79. The quantitative estimate of drug-likeness (QED) is 0.438. The molecule has 2 aromatic rings. The first-order chi connectivity index (χ1) is 12.2. The van der Waals surface area contributed by atoms with Gasteiger partial charge in [-0.05, 0) is 30.4 Å². The average Bonchev–Trinajstić information content (AvgIpc) is 2.62. The lowest BCUT2D eigenvalue weighted by molar-refractivity contribution is -0.141. The second-order valence-electron chi connectivity index (χ2n) is 4.83. The Kier molecular flexibility index (Phi) is 5.94. The molecule has 0 aliphatic carbocycles. The van der Waals surface area contributed by atoms with Crippen LogP contribution in [0.2, 0.25) is 5.15 Å². The summed E-state index contributed by atoms with van der Waals surface area (Å²) in [7, 11) is 1.17. The van der Waals surface area contributed by atoms with Crippen molar-refractivity contribution in [3.63, 3.8) is 0 Å². The van der Waals surface area contributed by atoms with Gasteiger partial charge in [-0.2, -0.15) is 13.2 Å². The van der Waals surface area contributed by atoms with Gasteiger partial charge in [0.25, 0.3) is 11.1 Å². The Morgan fingerprint density at radius 3 is 2.42 bits per heavy atom. The Morgan fingerprint density at radius 1 is 1.31 bits per heavy atom. The lowest BCUT2D eigenvalue weighted by Crippen LogP contribution is -2.38. The third-order valence-corrected chi connectivity index (χ3v) is 3.81. The van der Waals surface area contributed by atoms with Crippen LogP contribution >= 0.6 is 23.8 Å². The van der Waals surface area contributed by atoms with E-state index < -0.39 is 39.4 Å². The molecule has 136 valence electrons. The number of pyridine rings is 1. The minimum absolute atomic E-state index is 0.127. The van der Waals surface area contributed by atoms with Crippen LogP contribution in [0.1, 0.15) is 26.4 Å². The number of halogens is 4. The van der Waals surface area contributed by atoms with Crippen LogP contribution in [0, 0.1) is 0 Å². The number of carbonyl (C=O) groups is 2. The highest BCUT2D eigenvalue weighted by Crippen LogP contribution is 2.35. The third-order valence-electron chi connectivity index (χ3n) is 3.20. The molecule has 0 saturated carbocycles. The molecule has 1 aromatic carbocycles. The maximum Gasteiger partial charge on any atom is 0.433 e. The van der Waals surface area contributed by atoms with Gasteiger partial charge in [0.2, 0.25) is 0 Å². The van der Waals surface area contributed by atoms with Gasteiger partial charge >= 0.3 is 6.18 Å². The van der Waals surface area contributed by atoms with Crippen molar-refractivity contribution in [3.8, 4) is 0 Å². The van der Waals surface area contributed by atoms with Gasteiger partial charge in [-0.15, -0.1) is 0 Å². The zero-order chi connectivity index (χ0) is 19.5. The summed E-state index contributed by atoms with van der Waals surface area (Å²) in [4.78, 5) is 28.1. The minimum atomic E-state index is -4.82. The van der Waals surface area contributed by atoms with Gasteiger partial charge in [0.1, 0.15) is 11.4 Å². The van der Waals surface area contributed by atoms with Crippen LogP contribution in [-0.4, -0.2) is 29.5 Å². The van der Waals surface area contributed by atoms with Crippen molar-refractivity contribution in [1.29, 1.82) is 0 Å². The predicted octanol–water partition coefficient (Wildman–Crippen LogP) is 4.14. The number of anilines is 1. The summed E-state index contributed by atoms with van der Waals surface area (Å²) < 4.78 is 43.6. The number of ether oxygens (including phenoxy) is 1. The monoisotopic (exact) mass is 402 g/mol. The van der Waals surface area contributed by atoms with E-state index in [2.05, 4.69) is 4.98 Å². The molecule has 0 fully saturated rings. The van der Waals surface area contributed by atoms with Crippen molar-refractivity contribution in [1.82, 2.24) is 4.98 Å². The van der Waals surface area contributed by atoms with Gasteiger partial charge in [0.15, 0.2) is 11.4 Å². The molecule has 0 N–H and O–H groups in total. The van der Waals surface area contributed by atoms with Crippen LogP contribution in [0.25, 0.3) is 0 Å². The highest BCUT2D eigenvalue weighted by atomic mass is 35.5. The van der Waals surface area contributed by atoms with Gasteiger partial charge in [-0.3, -0.25) is 9.59 Å². The van der Waals surface area contributed by atoms with Gasteiger partial charge < -0.3 is 4.74 Å². The highest BCUT2D eigenvalue weighted by Gasteiger charge is 2.36. The molecular formula is C16H10ClF3N2O3S. The maximum absolute atomic E-state index is 12.9. The number of benzene rings is 1. The summed E-state index contributed by atoms with van der Waals surface area (Å²) >= 11 is 10.8. The lowest BCUT2D eigenvalue weighted by Gasteiger charge is -2.24. The second-order valence-corrected chi connectivity index (χ2v) is 5.54. The molecule has 0 aliphatic rings. The van der Waals surface area contributed by atoms with Gasteiger partial charge in [-0.1, -0.05) is 29.8 Å². The van der Waals surface area contributed by atoms with E-state index in [0.717, 1.165) is 4.90 Å². The number of methoxy groups -OCH3 is 1. The van der Waals surface area contributed by atoms with E-state index >= 15 is 0 Å². The van der Waals surface area contributed by atoms with E-state index in [9.17, 15) is 22.8 Å². The van der Waals surface area contributed by atoms with Crippen LogP contribution in [-0.2, 0) is 10.9 Å². The number of aldehydes is 1. The largest absolute Gasteiger partial charge is 0.474 e. The molecule has 1 amide bonds. The van der Waals surface area contributed by atoms with Gasteiger partial charge in [0.05, 0.1) is 7.11 Å². The lowest BCUT2D eigenvalue weighted by atomic mass is 10.1. The Bertz CT molecular complexity index is 860. The van der Waals surface area contributed by atoms with Crippen molar-refractivity contribution < 1.29 is 27.5 Å². The Balaban J connectivity index is 2.68. The summed E-state index contributed by atoms with van der Waals surface area (Å²) in [6, 6.07) is 8.22. The van der Waals surface area contributed by atoms with Crippen LogP contribution in [0.5, 0.6) is 0 Å². The number of amides is 1. The number of nitrogens with zero attached hydrogens (tertiary/aromatic N) is 2. The number of rotatable bonds is 3. The van der Waals surface area contributed by atoms with Crippen molar-refractivity contribution in [2.45, 2.75) is 6.18 Å². The van der Waals surface area contributed by atoms with Crippen molar-refractivity contribution in [3.05, 3.63) is 58.4 Å². The molecular weight excluding hydrogens is 393 g/mol. The van der Waals surface area contributed by atoms with Crippen LogP contribution < -0.4 is 4.90 Å². The summed E-state index contributed by atoms with van der Waals surface area (Å²) in [5.41, 5.74) is -2.13. The number of carbonyl (C=O) groups excluding carboxylic acids is 2. The van der Waals surface area contributed by atoms with Crippen molar-refractivity contribution in [2.24, 2.45) is 0 Å². The number of hydrogen-bond acceptors (Lipinski definition) is 5. The molecule has 0 radical (unpaired) electrons. The summed E-state index contributed by atoms with van der Waals surface area (Å²) in [5.74, 6) is -0.746. The Morgan fingerprint density at radius 2 is 1.92 bits per heavy atom. The summed E-state index contributed by atoms with van der Waals surface area (Å²) in [6.45, 7) is 0. The van der Waals surface area contributed by atoms with Crippen molar-refractivity contribution in [2.75, 3.05) is 12.0 Å². The van der Waals surface area contributed by atoms with Crippen molar-refractivity contribution >= 4 is 46.9 Å². The normalized spacial score (nSPS) is 11.0. The Labute approximate surface area is 156 Å². The number of aromatic nitrogens is 1. The van der Waals surface area contributed by atoms with E-state index in [4.69, 9.17) is 28.6 Å². The van der Waals surface area contributed by atoms with E-state index in [1.54, 1.807) is 18.2 Å². The smallest absolute Gasteiger partial charge is 0.433 e. The van der Waals surface area contributed by atoms with Gasteiger partial charge in [-0.25, -0.2) is 9.88 Å². The van der Waals surface area contributed by atoms with E-state index in [0.29, 0.717) is 6.07 Å². The first kappa shape index (κ1) is 19.8. The molecule has 0 spiro atoms.